The fourth-order valence-electron chi connectivity index (χ4n) is 1.53. The number of hydrogen-bond donors (Lipinski definition) is 2. The van der Waals surface area contributed by atoms with Crippen LogP contribution in [0.1, 0.15) is 5.56 Å². The lowest BCUT2D eigenvalue weighted by Gasteiger charge is -2.08. The zero-order valence-corrected chi connectivity index (χ0v) is 9.96. The topological polar surface area (TPSA) is 58.9 Å². The molecular formula is C14H14O4. The van der Waals surface area contributed by atoms with Gasteiger partial charge >= 0.3 is 0 Å². The van der Waals surface area contributed by atoms with Crippen LogP contribution in [0, 0.1) is 0 Å². The van der Waals surface area contributed by atoms with E-state index < -0.39 is 0 Å². The summed E-state index contributed by atoms with van der Waals surface area (Å²) in [6.07, 6.45) is 0. The smallest absolute Gasteiger partial charge is 0.160 e. The van der Waals surface area contributed by atoms with Gasteiger partial charge in [-0.25, -0.2) is 0 Å². The Morgan fingerprint density at radius 3 is 2.33 bits per heavy atom. The Balaban J connectivity index is 2.02. The molecule has 0 saturated heterocycles. The molecule has 0 unspecified atom stereocenters. The van der Waals surface area contributed by atoms with E-state index in [1.165, 1.54) is 7.11 Å². The minimum Gasteiger partial charge on any atom is -0.508 e. The standard InChI is InChI=1S/C14H14O4/c1-17-14-7-2-10(8-13(14)16)9-18-12-5-3-11(15)4-6-12/h2-8,15-16H,9H2,1H3. The second kappa shape index (κ2) is 5.31. The van der Waals surface area contributed by atoms with Crippen molar-refractivity contribution in [3.8, 4) is 23.0 Å². The molecule has 2 N–H and O–H groups in total. The molecule has 2 aromatic rings. The van der Waals surface area contributed by atoms with E-state index in [0.717, 1.165) is 5.56 Å². The Morgan fingerprint density at radius 2 is 1.72 bits per heavy atom. The van der Waals surface area contributed by atoms with Crippen molar-refractivity contribution in [1.82, 2.24) is 0 Å². The summed E-state index contributed by atoms with van der Waals surface area (Å²) in [5.41, 5.74) is 0.835. The van der Waals surface area contributed by atoms with Crippen LogP contribution in [0.15, 0.2) is 42.5 Å². The predicted molar refractivity (Wildman–Crippen MR) is 67.1 cm³/mol. The molecule has 0 saturated carbocycles. The van der Waals surface area contributed by atoms with Crippen molar-refractivity contribution in [3.63, 3.8) is 0 Å². The van der Waals surface area contributed by atoms with Crippen molar-refractivity contribution < 1.29 is 19.7 Å². The molecule has 4 nitrogen and oxygen atoms in total. The summed E-state index contributed by atoms with van der Waals surface area (Å²) in [6, 6.07) is 11.6. The van der Waals surface area contributed by atoms with Crippen LogP contribution in [0.3, 0.4) is 0 Å². The molecule has 0 bridgehead atoms. The Hall–Kier alpha value is -2.36. The number of benzene rings is 2. The van der Waals surface area contributed by atoms with E-state index in [2.05, 4.69) is 0 Å². The first-order valence-corrected chi connectivity index (χ1v) is 5.47. The lowest BCUT2D eigenvalue weighted by Crippen LogP contribution is -1.95. The van der Waals surface area contributed by atoms with E-state index in [0.29, 0.717) is 18.1 Å². The molecule has 0 radical (unpaired) electrons. The summed E-state index contributed by atoms with van der Waals surface area (Å²) in [5.74, 6) is 1.38. The van der Waals surface area contributed by atoms with Crippen molar-refractivity contribution >= 4 is 0 Å². The summed E-state index contributed by atoms with van der Waals surface area (Å²) in [5, 5.41) is 18.7. The van der Waals surface area contributed by atoms with Gasteiger partial charge in [0.2, 0.25) is 0 Å². The quantitative estimate of drug-likeness (QED) is 0.870. The molecule has 0 heterocycles. The van der Waals surface area contributed by atoms with E-state index in [1.807, 2.05) is 6.07 Å². The highest BCUT2D eigenvalue weighted by atomic mass is 16.5. The van der Waals surface area contributed by atoms with Crippen molar-refractivity contribution in [3.05, 3.63) is 48.0 Å². The maximum atomic E-state index is 9.61. The summed E-state index contributed by atoms with van der Waals surface area (Å²) in [4.78, 5) is 0. The zero-order chi connectivity index (χ0) is 13.0. The first-order chi connectivity index (χ1) is 8.69. The average molecular weight is 246 g/mol. The van der Waals surface area contributed by atoms with Crippen LogP contribution in [0.4, 0.5) is 0 Å². The fraction of sp³-hybridized carbons (Fsp3) is 0.143. The lowest BCUT2D eigenvalue weighted by molar-refractivity contribution is 0.304. The maximum Gasteiger partial charge on any atom is 0.160 e. The van der Waals surface area contributed by atoms with Crippen LogP contribution in [-0.4, -0.2) is 17.3 Å². The van der Waals surface area contributed by atoms with Gasteiger partial charge in [0, 0.05) is 0 Å². The second-order valence-electron chi connectivity index (χ2n) is 3.79. The fourth-order valence-corrected chi connectivity index (χ4v) is 1.53. The number of phenolic OH excluding ortho intramolecular Hbond substituents is 2. The molecule has 4 heteroatoms. The molecule has 18 heavy (non-hydrogen) atoms. The summed E-state index contributed by atoms with van der Waals surface area (Å²) in [7, 11) is 1.50. The monoisotopic (exact) mass is 246 g/mol. The molecule has 0 aromatic heterocycles. The second-order valence-corrected chi connectivity index (χ2v) is 3.79. The zero-order valence-electron chi connectivity index (χ0n) is 9.96. The molecule has 2 rings (SSSR count). The van der Waals surface area contributed by atoms with Crippen molar-refractivity contribution in [2.24, 2.45) is 0 Å². The first kappa shape index (κ1) is 12.1. The lowest BCUT2D eigenvalue weighted by atomic mass is 10.2. The van der Waals surface area contributed by atoms with E-state index >= 15 is 0 Å². The highest BCUT2D eigenvalue weighted by Gasteiger charge is 2.03. The molecule has 0 aliphatic heterocycles. The molecular weight excluding hydrogens is 232 g/mol. The number of aromatic hydroxyl groups is 2. The van der Waals surface area contributed by atoms with E-state index in [-0.39, 0.29) is 11.5 Å². The van der Waals surface area contributed by atoms with Crippen LogP contribution in [-0.2, 0) is 6.61 Å². The number of rotatable bonds is 4. The number of ether oxygens (including phenoxy) is 2. The number of phenols is 2. The van der Waals surface area contributed by atoms with E-state index in [4.69, 9.17) is 14.6 Å². The highest BCUT2D eigenvalue weighted by molar-refractivity contribution is 5.41. The summed E-state index contributed by atoms with van der Waals surface area (Å²) in [6.45, 7) is 0.336. The normalized spacial score (nSPS) is 10.1. The number of hydrogen-bond acceptors (Lipinski definition) is 4. The van der Waals surface area contributed by atoms with Crippen molar-refractivity contribution in [2.45, 2.75) is 6.61 Å². The van der Waals surface area contributed by atoms with Gasteiger partial charge in [-0.3, -0.25) is 0 Å². The highest BCUT2D eigenvalue weighted by Crippen LogP contribution is 2.27. The van der Waals surface area contributed by atoms with Gasteiger partial charge < -0.3 is 19.7 Å². The van der Waals surface area contributed by atoms with Gasteiger partial charge in [-0.2, -0.15) is 0 Å². The van der Waals surface area contributed by atoms with Gasteiger partial charge in [0.25, 0.3) is 0 Å². The molecule has 0 aliphatic carbocycles. The van der Waals surface area contributed by atoms with Crippen molar-refractivity contribution in [1.29, 1.82) is 0 Å². The molecule has 0 spiro atoms. The van der Waals surface area contributed by atoms with Crippen molar-refractivity contribution in [2.75, 3.05) is 7.11 Å². The Morgan fingerprint density at radius 1 is 1.00 bits per heavy atom. The summed E-state index contributed by atoms with van der Waals surface area (Å²) >= 11 is 0. The average Bonchev–Trinajstić information content (AvgIpc) is 2.38. The number of methoxy groups -OCH3 is 1. The van der Waals surface area contributed by atoms with Crippen LogP contribution in [0.2, 0.25) is 0 Å². The SMILES string of the molecule is COc1ccc(COc2ccc(O)cc2)cc1O. The van der Waals surface area contributed by atoms with Gasteiger partial charge in [0.1, 0.15) is 18.1 Å². The minimum atomic E-state index is 0.0873. The molecule has 0 atom stereocenters. The van der Waals surface area contributed by atoms with Crippen LogP contribution < -0.4 is 9.47 Å². The Kier molecular flexibility index (Phi) is 3.57. The van der Waals surface area contributed by atoms with Gasteiger partial charge in [-0.05, 0) is 42.0 Å². The summed E-state index contributed by atoms with van der Waals surface area (Å²) < 4.78 is 10.5. The largest absolute Gasteiger partial charge is 0.508 e. The Bertz CT molecular complexity index is 520. The Labute approximate surface area is 105 Å². The third-order valence-corrected chi connectivity index (χ3v) is 2.49. The van der Waals surface area contributed by atoms with Gasteiger partial charge in [-0.1, -0.05) is 6.07 Å². The maximum absolute atomic E-state index is 9.61. The van der Waals surface area contributed by atoms with Gasteiger partial charge in [0.15, 0.2) is 11.5 Å². The van der Waals surface area contributed by atoms with E-state index in [9.17, 15) is 5.11 Å². The minimum absolute atomic E-state index is 0.0873. The first-order valence-electron chi connectivity index (χ1n) is 5.47. The van der Waals surface area contributed by atoms with E-state index in [1.54, 1.807) is 36.4 Å². The molecule has 0 aliphatic rings. The third-order valence-electron chi connectivity index (χ3n) is 2.49. The molecule has 0 fully saturated rings. The van der Waals surface area contributed by atoms with Gasteiger partial charge in [0.05, 0.1) is 7.11 Å². The van der Waals surface area contributed by atoms with Gasteiger partial charge in [-0.15, -0.1) is 0 Å². The predicted octanol–water partition coefficient (Wildman–Crippen LogP) is 2.69. The molecule has 94 valence electrons. The van der Waals surface area contributed by atoms with Crippen LogP contribution in [0.5, 0.6) is 23.0 Å². The third kappa shape index (κ3) is 2.85. The van der Waals surface area contributed by atoms with Crippen LogP contribution in [0.25, 0.3) is 0 Å². The molecule has 2 aromatic carbocycles. The van der Waals surface area contributed by atoms with Crippen LogP contribution >= 0.6 is 0 Å². The molecule has 0 amide bonds.